The molecule has 1 aromatic heterocycles. The van der Waals surface area contributed by atoms with Crippen LogP contribution in [-0.2, 0) is 0 Å². The Bertz CT molecular complexity index is 340. The summed E-state index contributed by atoms with van der Waals surface area (Å²) in [4.78, 5) is 13.7. The molecule has 0 unspecified atom stereocenters. The first-order valence-electron chi connectivity index (χ1n) is 4.60. The summed E-state index contributed by atoms with van der Waals surface area (Å²) >= 11 is 3.39. The Labute approximate surface area is 97.8 Å². The maximum atomic E-state index is 12.0. The summed E-state index contributed by atoms with van der Waals surface area (Å²) in [5.74, 6) is -0.0469. The van der Waals surface area contributed by atoms with Crippen LogP contribution in [0.5, 0.6) is 0 Å². The third kappa shape index (κ3) is 2.75. The molecule has 5 heteroatoms. The van der Waals surface area contributed by atoms with E-state index >= 15 is 0 Å². The van der Waals surface area contributed by atoms with Crippen molar-refractivity contribution in [1.82, 2.24) is 15.1 Å². The lowest BCUT2D eigenvalue weighted by atomic mass is 10.1. The number of aromatic nitrogens is 2. The van der Waals surface area contributed by atoms with Crippen LogP contribution in [0.15, 0.2) is 18.5 Å². The highest BCUT2D eigenvalue weighted by Gasteiger charge is 2.27. The zero-order valence-corrected chi connectivity index (χ0v) is 10.7. The SMILES string of the molecule is CN(C(=O)c1ccnnc1)C(C)(C)CBr. The molecule has 0 radical (unpaired) electrons. The van der Waals surface area contributed by atoms with Crippen LogP contribution in [-0.4, -0.2) is 38.9 Å². The fraction of sp³-hybridized carbons (Fsp3) is 0.500. The predicted molar refractivity (Wildman–Crippen MR) is 62.0 cm³/mol. The van der Waals surface area contributed by atoms with Crippen molar-refractivity contribution in [3.8, 4) is 0 Å². The Hall–Kier alpha value is -0.970. The molecule has 0 aliphatic carbocycles. The molecule has 1 aromatic rings. The molecule has 4 nitrogen and oxygen atoms in total. The molecule has 0 aliphatic rings. The summed E-state index contributed by atoms with van der Waals surface area (Å²) in [5.41, 5.74) is 0.335. The predicted octanol–water partition coefficient (Wildman–Crippen LogP) is 1.72. The van der Waals surface area contributed by atoms with Crippen molar-refractivity contribution in [2.45, 2.75) is 19.4 Å². The van der Waals surface area contributed by atoms with Crippen LogP contribution in [0.25, 0.3) is 0 Å². The highest BCUT2D eigenvalue weighted by atomic mass is 79.9. The van der Waals surface area contributed by atoms with Gasteiger partial charge in [0.2, 0.25) is 0 Å². The Morgan fingerprint density at radius 3 is 2.67 bits per heavy atom. The molecule has 1 heterocycles. The van der Waals surface area contributed by atoms with Gasteiger partial charge in [-0.1, -0.05) is 15.9 Å². The molecule has 1 rings (SSSR count). The second-order valence-electron chi connectivity index (χ2n) is 3.94. The van der Waals surface area contributed by atoms with E-state index in [-0.39, 0.29) is 11.4 Å². The molecule has 0 aliphatic heterocycles. The summed E-state index contributed by atoms with van der Waals surface area (Å²) in [6.45, 7) is 3.99. The van der Waals surface area contributed by atoms with E-state index in [1.165, 1.54) is 12.4 Å². The fourth-order valence-electron chi connectivity index (χ4n) is 0.975. The highest BCUT2D eigenvalue weighted by molar-refractivity contribution is 9.09. The van der Waals surface area contributed by atoms with E-state index in [2.05, 4.69) is 26.1 Å². The number of alkyl halides is 1. The fourth-order valence-corrected chi connectivity index (χ4v) is 1.35. The standard InChI is InChI=1S/C10H14BrN3O/c1-10(2,7-11)14(3)9(15)8-4-5-12-13-6-8/h4-6H,7H2,1-3H3. The highest BCUT2D eigenvalue weighted by Crippen LogP contribution is 2.17. The molecule has 0 fully saturated rings. The van der Waals surface area contributed by atoms with Gasteiger partial charge in [0.05, 0.1) is 18.0 Å². The topological polar surface area (TPSA) is 46.1 Å². The van der Waals surface area contributed by atoms with Gasteiger partial charge in [-0.05, 0) is 19.9 Å². The Morgan fingerprint density at radius 1 is 1.53 bits per heavy atom. The molecule has 82 valence electrons. The average molecular weight is 272 g/mol. The number of hydrogen-bond donors (Lipinski definition) is 0. The van der Waals surface area contributed by atoms with Gasteiger partial charge in [0.1, 0.15) is 0 Å². The normalized spacial score (nSPS) is 11.2. The summed E-state index contributed by atoms with van der Waals surface area (Å²) in [5, 5.41) is 8.05. The van der Waals surface area contributed by atoms with Crippen molar-refractivity contribution in [1.29, 1.82) is 0 Å². The van der Waals surface area contributed by atoms with Crippen LogP contribution in [0.3, 0.4) is 0 Å². The number of hydrogen-bond acceptors (Lipinski definition) is 3. The molecular weight excluding hydrogens is 258 g/mol. The molecule has 15 heavy (non-hydrogen) atoms. The smallest absolute Gasteiger partial charge is 0.255 e. The third-order valence-corrected chi connectivity index (χ3v) is 3.74. The zero-order chi connectivity index (χ0) is 11.5. The lowest BCUT2D eigenvalue weighted by Gasteiger charge is -2.34. The van der Waals surface area contributed by atoms with E-state index < -0.39 is 0 Å². The average Bonchev–Trinajstić information content (AvgIpc) is 2.28. The van der Waals surface area contributed by atoms with E-state index in [0.717, 1.165) is 5.33 Å². The first-order valence-corrected chi connectivity index (χ1v) is 5.72. The largest absolute Gasteiger partial charge is 0.336 e. The van der Waals surface area contributed by atoms with Gasteiger partial charge in [-0.2, -0.15) is 10.2 Å². The second kappa shape index (κ2) is 4.70. The van der Waals surface area contributed by atoms with Gasteiger partial charge in [0.25, 0.3) is 5.91 Å². The van der Waals surface area contributed by atoms with Crippen LogP contribution in [0, 0.1) is 0 Å². The van der Waals surface area contributed by atoms with Gasteiger partial charge >= 0.3 is 0 Å². The van der Waals surface area contributed by atoms with Gasteiger partial charge in [0.15, 0.2) is 0 Å². The number of amides is 1. The summed E-state index contributed by atoms with van der Waals surface area (Å²) < 4.78 is 0. The van der Waals surface area contributed by atoms with Gasteiger partial charge < -0.3 is 4.90 Å². The lowest BCUT2D eigenvalue weighted by Crippen LogP contribution is -2.46. The van der Waals surface area contributed by atoms with Gasteiger partial charge in [-0.25, -0.2) is 0 Å². The minimum atomic E-state index is -0.222. The van der Waals surface area contributed by atoms with Crippen molar-refractivity contribution in [3.63, 3.8) is 0 Å². The molecule has 1 amide bonds. The minimum Gasteiger partial charge on any atom is -0.336 e. The van der Waals surface area contributed by atoms with Gasteiger partial charge in [-0.3, -0.25) is 4.79 Å². The maximum Gasteiger partial charge on any atom is 0.255 e. The lowest BCUT2D eigenvalue weighted by molar-refractivity contribution is 0.0663. The molecular formula is C10H14BrN3O. The number of rotatable bonds is 3. The van der Waals surface area contributed by atoms with E-state index in [0.29, 0.717) is 5.56 Å². The Balaban J connectivity index is 2.87. The zero-order valence-electron chi connectivity index (χ0n) is 9.07. The van der Waals surface area contributed by atoms with Crippen LogP contribution in [0.4, 0.5) is 0 Å². The number of halogens is 1. The van der Waals surface area contributed by atoms with Crippen molar-refractivity contribution >= 4 is 21.8 Å². The maximum absolute atomic E-state index is 12.0. The minimum absolute atomic E-state index is 0.0469. The summed E-state index contributed by atoms with van der Waals surface area (Å²) in [6.07, 6.45) is 2.99. The molecule has 0 N–H and O–H groups in total. The summed E-state index contributed by atoms with van der Waals surface area (Å²) in [6, 6.07) is 1.66. The first-order chi connectivity index (χ1) is 6.99. The van der Waals surface area contributed by atoms with Crippen molar-refractivity contribution < 1.29 is 4.79 Å². The molecule has 0 atom stereocenters. The van der Waals surface area contributed by atoms with E-state index in [9.17, 15) is 4.79 Å². The Kier molecular flexibility index (Phi) is 3.79. The van der Waals surface area contributed by atoms with Gasteiger partial charge in [-0.15, -0.1) is 0 Å². The van der Waals surface area contributed by atoms with Crippen LogP contribution in [0.1, 0.15) is 24.2 Å². The third-order valence-electron chi connectivity index (χ3n) is 2.37. The molecule has 0 spiro atoms. The van der Waals surface area contributed by atoms with Crippen LogP contribution >= 0.6 is 15.9 Å². The first kappa shape index (κ1) is 12.1. The van der Waals surface area contributed by atoms with E-state index in [1.54, 1.807) is 18.0 Å². The number of nitrogens with zero attached hydrogens (tertiary/aromatic N) is 3. The van der Waals surface area contributed by atoms with E-state index in [1.807, 2.05) is 13.8 Å². The molecule has 0 saturated heterocycles. The monoisotopic (exact) mass is 271 g/mol. The van der Waals surface area contributed by atoms with Crippen LogP contribution < -0.4 is 0 Å². The molecule has 0 aromatic carbocycles. The summed E-state index contributed by atoms with van der Waals surface area (Å²) in [7, 11) is 1.78. The number of carbonyl (C=O) groups is 1. The Morgan fingerprint density at radius 2 is 2.20 bits per heavy atom. The van der Waals surface area contributed by atoms with Crippen molar-refractivity contribution in [2.75, 3.05) is 12.4 Å². The van der Waals surface area contributed by atoms with Gasteiger partial charge in [0, 0.05) is 17.9 Å². The molecule has 0 saturated carbocycles. The van der Waals surface area contributed by atoms with Crippen molar-refractivity contribution in [3.05, 3.63) is 24.0 Å². The van der Waals surface area contributed by atoms with Crippen LogP contribution in [0.2, 0.25) is 0 Å². The van der Waals surface area contributed by atoms with E-state index in [4.69, 9.17) is 0 Å². The quantitative estimate of drug-likeness (QED) is 0.787. The van der Waals surface area contributed by atoms with Crippen molar-refractivity contribution in [2.24, 2.45) is 0 Å². The molecule has 0 bridgehead atoms. The number of carbonyl (C=O) groups excluding carboxylic acids is 1. The second-order valence-corrected chi connectivity index (χ2v) is 4.50.